The van der Waals surface area contributed by atoms with Gasteiger partial charge < -0.3 is 10.1 Å². The Morgan fingerprint density at radius 3 is 2.88 bits per heavy atom. The molecule has 0 atom stereocenters. The van der Waals surface area contributed by atoms with E-state index in [9.17, 15) is 0 Å². The quantitative estimate of drug-likeness (QED) is 0.763. The van der Waals surface area contributed by atoms with E-state index in [1.54, 1.807) is 19.6 Å². The summed E-state index contributed by atoms with van der Waals surface area (Å²) in [5, 5.41) is 3.41. The summed E-state index contributed by atoms with van der Waals surface area (Å²) in [7, 11) is 1.74. The first-order valence-corrected chi connectivity index (χ1v) is 5.58. The fraction of sp³-hybridized carbons (Fsp3) is 0.667. The molecule has 0 aliphatic heterocycles. The van der Waals surface area contributed by atoms with Gasteiger partial charge in [-0.05, 0) is 17.9 Å². The number of nitrogens with one attached hydrogen (secondary N) is 1. The van der Waals surface area contributed by atoms with Crippen LogP contribution in [0.4, 0.5) is 0 Å². The molecule has 0 saturated carbocycles. The molecular formula is C12H21N3O. The standard InChI is InChI=1S/C12H21N3O/c1-12(2,5-7-16-3)9-14-8-11-4-6-13-10-15-11/h4,6,10,14H,5,7-9H2,1-3H3. The van der Waals surface area contributed by atoms with E-state index >= 15 is 0 Å². The Hall–Kier alpha value is -1.00. The lowest BCUT2D eigenvalue weighted by atomic mass is 9.90. The smallest absolute Gasteiger partial charge is 0.115 e. The molecular weight excluding hydrogens is 202 g/mol. The largest absolute Gasteiger partial charge is 0.385 e. The van der Waals surface area contributed by atoms with Crippen molar-refractivity contribution >= 4 is 0 Å². The molecule has 1 rings (SSSR count). The minimum absolute atomic E-state index is 0.253. The van der Waals surface area contributed by atoms with Gasteiger partial charge in [0.1, 0.15) is 6.33 Å². The van der Waals surface area contributed by atoms with Gasteiger partial charge in [0.2, 0.25) is 0 Å². The fourth-order valence-electron chi connectivity index (χ4n) is 1.42. The minimum Gasteiger partial charge on any atom is -0.385 e. The fourth-order valence-corrected chi connectivity index (χ4v) is 1.42. The monoisotopic (exact) mass is 223 g/mol. The molecule has 1 N–H and O–H groups in total. The summed E-state index contributed by atoms with van der Waals surface area (Å²) in [5.74, 6) is 0. The summed E-state index contributed by atoms with van der Waals surface area (Å²) in [6, 6.07) is 1.93. The summed E-state index contributed by atoms with van der Waals surface area (Å²) in [6.45, 7) is 7.03. The predicted octanol–water partition coefficient (Wildman–Crippen LogP) is 1.63. The van der Waals surface area contributed by atoms with Crippen LogP contribution in [0.1, 0.15) is 26.0 Å². The molecule has 0 aliphatic carbocycles. The van der Waals surface area contributed by atoms with E-state index in [2.05, 4.69) is 29.1 Å². The minimum atomic E-state index is 0.253. The van der Waals surface area contributed by atoms with Gasteiger partial charge in [-0.1, -0.05) is 13.8 Å². The lowest BCUT2D eigenvalue weighted by molar-refractivity contribution is 0.150. The molecule has 0 saturated heterocycles. The maximum atomic E-state index is 5.09. The van der Waals surface area contributed by atoms with Crippen molar-refractivity contribution in [2.75, 3.05) is 20.3 Å². The van der Waals surface area contributed by atoms with Crippen molar-refractivity contribution in [3.05, 3.63) is 24.3 Å². The van der Waals surface area contributed by atoms with Crippen molar-refractivity contribution in [3.63, 3.8) is 0 Å². The molecule has 0 aromatic carbocycles. The highest BCUT2D eigenvalue weighted by Crippen LogP contribution is 2.18. The van der Waals surface area contributed by atoms with Crippen molar-refractivity contribution in [1.29, 1.82) is 0 Å². The molecule has 0 fully saturated rings. The third kappa shape index (κ3) is 5.19. The molecule has 0 spiro atoms. The number of rotatable bonds is 7. The van der Waals surface area contributed by atoms with Gasteiger partial charge >= 0.3 is 0 Å². The van der Waals surface area contributed by atoms with E-state index < -0.39 is 0 Å². The zero-order valence-corrected chi connectivity index (χ0v) is 10.4. The Kier molecular flexibility index (Phi) is 5.35. The molecule has 1 aromatic rings. The molecule has 16 heavy (non-hydrogen) atoms. The number of methoxy groups -OCH3 is 1. The summed E-state index contributed by atoms with van der Waals surface area (Å²) >= 11 is 0. The van der Waals surface area contributed by atoms with Crippen LogP contribution >= 0.6 is 0 Å². The van der Waals surface area contributed by atoms with Gasteiger partial charge in [0, 0.05) is 33.0 Å². The maximum Gasteiger partial charge on any atom is 0.115 e. The summed E-state index contributed by atoms with van der Waals surface area (Å²) in [5.41, 5.74) is 1.28. The van der Waals surface area contributed by atoms with Gasteiger partial charge in [-0.15, -0.1) is 0 Å². The van der Waals surface area contributed by atoms with Crippen molar-refractivity contribution in [3.8, 4) is 0 Å². The third-order valence-corrected chi connectivity index (χ3v) is 2.54. The van der Waals surface area contributed by atoms with Gasteiger partial charge in [0.05, 0.1) is 5.69 Å². The molecule has 4 heteroatoms. The number of aromatic nitrogens is 2. The topological polar surface area (TPSA) is 47.0 Å². The average molecular weight is 223 g/mol. The summed E-state index contributed by atoms with van der Waals surface area (Å²) in [6.07, 6.45) is 4.40. The van der Waals surface area contributed by atoms with Crippen LogP contribution in [0, 0.1) is 5.41 Å². The van der Waals surface area contributed by atoms with Gasteiger partial charge in [-0.2, -0.15) is 0 Å². The van der Waals surface area contributed by atoms with E-state index in [0.717, 1.165) is 31.8 Å². The van der Waals surface area contributed by atoms with E-state index in [1.807, 2.05) is 6.07 Å². The molecule has 0 radical (unpaired) electrons. The molecule has 0 bridgehead atoms. The van der Waals surface area contributed by atoms with Crippen molar-refractivity contribution in [2.24, 2.45) is 5.41 Å². The van der Waals surface area contributed by atoms with Crippen LogP contribution in [-0.4, -0.2) is 30.2 Å². The number of ether oxygens (including phenoxy) is 1. The highest BCUT2D eigenvalue weighted by molar-refractivity contribution is 4.97. The van der Waals surface area contributed by atoms with Crippen LogP contribution in [0.3, 0.4) is 0 Å². The van der Waals surface area contributed by atoms with Crippen molar-refractivity contribution in [2.45, 2.75) is 26.8 Å². The second-order valence-corrected chi connectivity index (χ2v) is 4.71. The van der Waals surface area contributed by atoms with Crippen molar-refractivity contribution in [1.82, 2.24) is 15.3 Å². The first kappa shape index (κ1) is 13.1. The Balaban J connectivity index is 2.24. The van der Waals surface area contributed by atoms with Crippen LogP contribution in [0.15, 0.2) is 18.6 Å². The maximum absolute atomic E-state index is 5.09. The highest BCUT2D eigenvalue weighted by atomic mass is 16.5. The van der Waals surface area contributed by atoms with E-state index in [-0.39, 0.29) is 5.41 Å². The molecule has 0 unspecified atom stereocenters. The zero-order valence-electron chi connectivity index (χ0n) is 10.4. The second kappa shape index (κ2) is 6.55. The van der Waals surface area contributed by atoms with Crippen LogP contribution in [0.2, 0.25) is 0 Å². The zero-order chi connectivity index (χ0) is 11.9. The SMILES string of the molecule is COCCC(C)(C)CNCc1ccncn1. The number of hydrogen-bond acceptors (Lipinski definition) is 4. The first-order chi connectivity index (χ1) is 7.64. The first-order valence-electron chi connectivity index (χ1n) is 5.58. The van der Waals surface area contributed by atoms with E-state index in [1.165, 1.54) is 0 Å². The molecule has 4 nitrogen and oxygen atoms in total. The van der Waals surface area contributed by atoms with Crippen LogP contribution in [0.25, 0.3) is 0 Å². The molecule has 0 aliphatic rings. The van der Waals surface area contributed by atoms with Crippen LogP contribution in [0.5, 0.6) is 0 Å². The van der Waals surface area contributed by atoms with E-state index in [4.69, 9.17) is 4.74 Å². The number of nitrogens with zero attached hydrogens (tertiary/aromatic N) is 2. The Morgan fingerprint density at radius 1 is 1.44 bits per heavy atom. The molecule has 0 amide bonds. The predicted molar refractivity (Wildman–Crippen MR) is 64.0 cm³/mol. The molecule has 1 aromatic heterocycles. The normalized spacial score (nSPS) is 11.7. The van der Waals surface area contributed by atoms with Gasteiger partial charge in [0.25, 0.3) is 0 Å². The Labute approximate surface area is 97.5 Å². The lowest BCUT2D eigenvalue weighted by Crippen LogP contribution is -2.30. The van der Waals surface area contributed by atoms with Gasteiger partial charge in [0.15, 0.2) is 0 Å². The number of hydrogen-bond donors (Lipinski definition) is 1. The second-order valence-electron chi connectivity index (χ2n) is 4.71. The third-order valence-electron chi connectivity index (χ3n) is 2.54. The molecule has 90 valence electrons. The van der Waals surface area contributed by atoms with E-state index in [0.29, 0.717) is 0 Å². The van der Waals surface area contributed by atoms with Gasteiger partial charge in [-0.25, -0.2) is 9.97 Å². The Bertz CT molecular complexity index is 288. The lowest BCUT2D eigenvalue weighted by Gasteiger charge is -2.24. The van der Waals surface area contributed by atoms with Crippen LogP contribution in [-0.2, 0) is 11.3 Å². The summed E-state index contributed by atoms with van der Waals surface area (Å²) in [4.78, 5) is 8.05. The Morgan fingerprint density at radius 2 is 2.25 bits per heavy atom. The summed E-state index contributed by atoms with van der Waals surface area (Å²) < 4.78 is 5.09. The average Bonchev–Trinajstić information content (AvgIpc) is 2.28. The highest BCUT2D eigenvalue weighted by Gasteiger charge is 2.16. The van der Waals surface area contributed by atoms with Crippen molar-refractivity contribution < 1.29 is 4.74 Å². The molecule has 1 heterocycles. The van der Waals surface area contributed by atoms with Crippen LogP contribution < -0.4 is 5.32 Å². The van der Waals surface area contributed by atoms with Gasteiger partial charge in [-0.3, -0.25) is 0 Å².